The zero-order valence-corrected chi connectivity index (χ0v) is 18.9. The lowest BCUT2D eigenvalue weighted by molar-refractivity contribution is -0.128. The van der Waals surface area contributed by atoms with Crippen LogP contribution >= 0.6 is 0 Å². The Kier molecular flexibility index (Phi) is 5.01. The number of alkyl halides is 3. The number of hydrogen-bond donors (Lipinski definition) is 2. The zero-order chi connectivity index (χ0) is 23.6. The van der Waals surface area contributed by atoms with Crippen LogP contribution in [0.3, 0.4) is 0 Å². The van der Waals surface area contributed by atoms with Gasteiger partial charge in [0.2, 0.25) is 5.91 Å². The van der Waals surface area contributed by atoms with Crippen molar-refractivity contribution >= 4 is 21.7 Å². The van der Waals surface area contributed by atoms with Crippen LogP contribution in [0.2, 0.25) is 0 Å². The third kappa shape index (κ3) is 3.87. The first-order chi connectivity index (χ1) is 15.4. The summed E-state index contributed by atoms with van der Waals surface area (Å²) in [6.45, 7) is 2.62. The number of nitrogens with zero attached hydrogens (tertiary/aromatic N) is 2. The molecule has 7 nitrogen and oxygen atoms in total. The number of likely N-dealkylation sites (tertiary alicyclic amines) is 2. The van der Waals surface area contributed by atoms with Crippen molar-refractivity contribution in [2.24, 2.45) is 11.3 Å². The minimum Gasteiger partial charge on any atom is -0.347 e. The molecule has 0 unspecified atom stereocenters. The summed E-state index contributed by atoms with van der Waals surface area (Å²) < 4.78 is 57.2. The maximum absolute atomic E-state index is 12.8. The van der Waals surface area contributed by atoms with Crippen molar-refractivity contribution in [2.45, 2.75) is 54.5 Å². The molecule has 3 heterocycles. The van der Waals surface area contributed by atoms with Gasteiger partial charge in [-0.25, -0.2) is 13.8 Å². The van der Waals surface area contributed by atoms with Gasteiger partial charge >= 0.3 is 11.5 Å². The highest BCUT2D eigenvalue weighted by Crippen LogP contribution is 2.53. The number of hydrogen-bond acceptors (Lipinski definition) is 4. The van der Waals surface area contributed by atoms with Crippen LogP contribution in [0.5, 0.6) is 0 Å². The van der Waals surface area contributed by atoms with Gasteiger partial charge in [0.25, 0.3) is 0 Å². The molecule has 0 aromatic heterocycles. The van der Waals surface area contributed by atoms with Gasteiger partial charge in [0.15, 0.2) is 9.73 Å². The van der Waals surface area contributed by atoms with Crippen LogP contribution in [-0.2, 0) is 20.9 Å². The number of urea groups is 1. The summed E-state index contributed by atoms with van der Waals surface area (Å²) in [6.07, 6.45) is 5.01. The largest absolute Gasteiger partial charge is 0.483 e. The number of piperidine rings is 1. The topological polar surface area (TPSA) is 93.6 Å². The summed E-state index contributed by atoms with van der Waals surface area (Å²) >= 11 is 0. The Morgan fingerprint density at radius 3 is 2.30 bits per heavy atom. The van der Waals surface area contributed by atoms with E-state index in [2.05, 4.69) is 5.32 Å². The standard InChI is InChI=1S/C22H27F3N4O3S/c23-22(24,25)33(26,32)17-5-3-15(4-6-17)8-16-9-20(10-16)11-28(12-20)19(31)29-13-21(14-29)7-1-2-18(30)27-21/h3-6,16,26H,1-2,7-14H2,(H,27,30)/t33-/m1/s1. The minimum absolute atomic E-state index is 0.0359. The monoisotopic (exact) mass is 484 g/mol. The molecule has 33 heavy (non-hydrogen) atoms. The molecule has 2 N–H and O–H groups in total. The summed E-state index contributed by atoms with van der Waals surface area (Å²) in [4.78, 5) is 27.5. The fourth-order valence-corrected chi connectivity index (χ4v) is 6.80. The summed E-state index contributed by atoms with van der Waals surface area (Å²) in [5.41, 5.74) is -4.29. The molecule has 1 atom stereocenters. The molecule has 3 saturated heterocycles. The second kappa shape index (κ2) is 7.35. The Bertz CT molecular complexity index is 1070. The predicted molar refractivity (Wildman–Crippen MR) is 114 cm³/mol. The lowest BCUT2D eigenvalue weighted by atomic mass is 9.56. The smallest absolute Gasteiger partial charge is 0.347 e. The number of rotatable bonds is 3. The van der Waals surface area contributed by atoms with Gasteiger partial charge in [0, 0.05) is 38.0 Å². The van der Waals surface area contributed by atoms with Crippen LogP contribution in [-0.4, -0.2) is 63.2 Å². The fraction of sp³-hybridized carbons (Fsp3) is 0.636. The van der Waals surface area contributed by atoms with E-state index in [0.717, 1.165) is 62.9 Å². The molecule has 3 amide bonds. The Balaban J connectivity index is 1.07. The van der Waals surface area contributed by atoms with E-state index < -0.39 is 20.1 Å². The van der Waals surface area contributed by atoms with E-state index in [0.29, 0.717) is 25.4 Å². The number of carbonyl (C=O) groups excluding carboxylic acids is 2. The van der Waals surface area contributed by atoms with E-state index >= 15 is 0 Å². The van der Waals surface area contributed by atoms with Crippen LogP contribution in [0.4, 0.5) is 18.0 Å². The van der Waals surface area contributed by atoms with Gasteiger partial charge in [-0.1, -0.05) is 12.1 Å². The van der Waals surface area contributed by atoms with Crippen molar-refractivity contribution in [3.05, 3.63) is 29.8 Å². The molecule has 4 aliphatic rings. The second-order valence-electron chi connectivity index (χ2n) is 10.3. The van der Waals surface area contributed by atoms with Crippen LogP contribution in [0, 0.1) is 16.1 Å². The first-order valence-corrected chi connectivity index (χ1v) is 12.8. The summed E-state index contributed by atoms with van der Waals surface area (Å²) in [5, 5.41) is 3.04. The molecule has 180 valence electrons. The number of halogens is 3. The van der Waals surface area contributed by atoms with Crippen LogP contribution < -0.4 is 5.32 Å². The maximum Gasteiger partial charge on any atom is 0.483 e. The molecule has 0 radical (unpaired) electrons. The quantitative estimate of drug-likeness (QED) is 0.689. The molecule has 1 aromatic carbocycles. The number of carbonyl (C=O) groups is 2. The molecule has 5 rings (SSSR count). The van der Waals surface area contributed by atoms with E-state index in [9.17, 15) is 27.0 Å². The Morgan fingerprint density at radius 2 is 1.73 bits per heavy atom. The van der Waals surface area contributed by atoms with Crippen LogP contribution in [0.25, 0.3) is 0 Å². The van der Waals surface area contributed by atoms with Crippen LogP contribution in [0.15, 0.2) is 29.2 Å². The Labute approximate surface area is 190 Å². The highest BCUT2D eigenvalue weighted by molar-refractivity contribution is 7.93. The van der Waals surface area contributed by atoms with Crippen molar-refractivity contribution in [3.63, 3.8) is 0 Å². The lowest BCUT2D eigenvalue weighted by Gasteiger charge is -2.61. The summed E-state index contributed by atoms with van der Waals surface area (Å²) in [6, 6.07) is 5.38. The summed E-state index contributed by atoms with van der Waals surface area (Å²) in [7, 11) is -4.82. The van der Waals surface area contributed by atoms with E-state index in [1.54, 1.807) is 4.90 Å². The predicted octanol–water partition coefficient (Wildman–Crippen LogP) is 3.34. The number of nitrogens with one attached hydrogen (secondary N) is 2. The molecule has 1 saturated carbocycles. The Morgan fingerprint density at radius 1 is 1.12 bits per heavy atom. The van der Waals surface area contributed by atoms with Gasteiger partial charge in [0.1, 0.15) is 0 Å². The normalized spacial score (nSPS) is 25.6. The molecule has 1 aromatic rings. The van der Waals surface area contributed by atoms with Crippen LogP contribution in [0.1, 0.15) is 37.7 Å². The van der Waals surface area contributed by atoms with Crippen molar-refractivity contribution in [2.75, 3.05) is 26.2 Å². The van der Waals surface area contributed by atoms with E-state index in [-0.39, 0.29) is 22.9 Å². The van der Waals surface area contributed by atoms with Crippen molar-refractivity contribution in [1.82, 2.24) is 15.1 Å². The highest BCUT2D eigenvalue weighted by atomic mass is 32.2. The fourth-order valence-electron chi connectivity index (χ4n) is 6.02. The minimum atomic E-state index is -5.08. The average molecular weight is 485 g/mol. The van der Waals surface area contributed by atoms with Gasteiger partial charge in [-0.3, -0.25) is 4.79 Å². The molecule has 1 aliphatic carbocycles. The molecular formula is C22H27F3N4O3S. The third-order valence-electron chi connectivity index (χ3n) is 7.59. The second-order valence-corrected chi connectivity index (χ2v) is 12.3. The van der Waals surface area contributed by atoms with Gasteiger partial charge in [-0.05, 0) is 55.7 Å². The van der Waals surface area contributed by atoms with Crippen molar-refractivity contribution in [3.8, 4) is 0 Å². The van der Waals surface area contributed by atoms with Gasteiger partial charge in [0.05, 0.1) is 10.4 Å². The number of benzene rings is 1. The Hall–Kier alpha value is -2.30. The highest BCUT2D eigenvalue weighted by Gasteiger charge is 2.56. The van der Waals surface area contributed by atoms with E-state index in [1.807, 2.05) is 4.90 Å². The van der Waals surface area contributed by atoms with Gasteiger partial charge in [-0.2, -0.15) is 13.2 Å². The molecule has 3 aliphatic heterocycles. The average Bonchev–Trinajstić information content (AvgIpc) is 2.66. The molecule has 0 bridgehead atoms. The maximum atomic E-state index is 12.8. The zero-order valence-electron chi connectivity index (χ0n) is 18.1. The van der Waals surface area contributed by atoms with Gasteiger partial charge in [-0.15, -0.1) is 0 Å². The summed E-state index contributed by atoms with van der Waals surface area (Å²) in [5.74, 6) is 0.473. The number of amides is 3. The van der Waals surface area contributed by atoms with E-state index in [4.69, 9.17) is 4.78 Å². The molecular weight excluding hydrogens is 457 g/mol. The molecule has 2 spiro atoms. The molecule has 4 fully saturated rings. The van der Waals surface area contributed by atoms with Crippen molar-refractivity contribution in [1.29, 1.82) is 4.78 Å². The SMILES string of the molecule is N=[S@@](=O)(c1ccc(CC2CC3(C2)CN(C(=O)N2CC4(CCCC(=O)N4)C2)C3)cc1)C(F)(F)F. The third-order valence-corrected chi connectivity index (χ3v) is 9.18. The van der Waals surface area contributed by atoms with Gasteiger partial charge < -0.3 is 15.1 Å². The first-order valence-electron chi connectivity index (χ1n) is 11.2. The van der Waals surface area contributed by atoms with Crippen molar-refractivity contribution < 1.29 is 27.0 Å². The van der Waals surface area contributed by atoms with E-state index in [1.165, 1.54) is 12.1 Å². The molecule has 11 heteroatoms. The first kappa shape index (κ1) is 22.5. The lowest BCUT2D eigenvalue weighted by Crippen LogP contribution is -2.75.